The predicted octanol–water partition coefficient (Wildman–Crippen LogP) is 2.58. The van der Waals surface area contributed by atoms with Crippen LogP contribution in [0.1, 0.15) is 30.9 Å². The van der Waals surface area contributed by atoms with Crippen molar-refractivity contribution in [3.05, 3.63) is 59.2 Å². The van der Waals surface area contributed by atoms with Crippen molar-refractivity contribution in [2.45, 2.75) is 31.4 Å². The number of benzene rings is 2. The highest BCUT2D eigenvalue weighted by atomic mass is 16.6. The van der Waals surface area contributed by atoms with Gasteiger partial charge in [0.1, 0.15) is 19.0 Å². The van der Waals surface area contributed by atoms with Gasteiger partial charge in [0, 0.05) is 30.8 Å². The summed E-state index contributed by atoms with van der Waals surface area (Å²) in [6.45, 7) is 3.56. The van der Waals surface area contributed by atoms with Gasteiger partial charge in [-0.15, -0.1) is 0 Å². The Balaban J connectivity index is 1.59. The Morgan fingerprint density at radius 2 is 1.83 bits per heavy atom. The van der Waals surface area contributed by atoms with Gasteiger partial charge in [0.25, 0.3) is 17.6 Å². The van der Waals surface area contributed by atoms with Gasteiger partial charge < -0.3 is 29.1 Å². The van der Waals surface area contributed by atoms with Crippen LogP contribution in [0.5, 0.6) is 11.5 Å². The molecule has 4 heterocycles. The lowest BCUT2D eigenvalue weighted by Gasteiger charge is -2.35. The Bertz CT molecular complexity index is 1310. The summed E-state index contributed by atoms with van der Waals surface area (Å²) < 4.78 is 17.0. The topological polar surface area (TPSA) is 106 Å². The van der Waals surface area contributed by atoms with Crippen LogP contribution in [0.3, 0.4) is 0 Å². The number of carbonyl (C=O) groups is 3. The Labute approximate surface area is 207 Å². The number of fused-ring (bicyclic) bond motifs is 3. The lowest BCUT2D eigenvalue weighted by molar-refractivity contribution is -0.145. The van der Waals surface area contributed by atoms with Crippen molar-refractivity contribution in [3.8, 4) is 11.5 Å². The van der Waals surface area contributed by atoms with Crippen molar-refractivity contribution in [1.29, 1.82) is 0 Å². The largest absolute Gasteiger partial charge is 0.507 e. The summed E-state index contributed by atoms with van der Waals surface area (Å²) in [6, 6.07) is 11.9. The molecule has 6 rings (SSSR count). The maximum atomic E-state index is 14.2. The number of amides is 2. The van der Waals surface area contributed by atoms with Gasteiger partial charge in [-0.1, -0.05) is 18.2 Å². The standard InChI is InChI=1S/C27H26N2O7/c1-2-28-19-8-4-3-7-18(19)27(26(28)33)22(24(31)25(32)29(27)15-17-6-5-11-34-17)23(30)16-9-10-20-21(14-16)36-13-12-35-20/h3-4,7-10,14,17,30H,2,5-6,11-13,15H2,1H3/b23-22+. The van der Waals surface area contributed by atoms with Crippen LogP contribution in [0.25, 0.3) is 5.76 Å². The fourth-order valence-electron chi connectivity index (χ4n) is 5.76. The van der Waals surface area contributed by atoms with Crippen molar-refractivity contribution in [2.75, 3.05) is 37.8 Å². The minimum absolute atomic E-state index is 0.0696. The first-order valence-electron chi connectivity index (χ1n) is 12.2. The molecule has 1 N–H and O–H groups in total. The maximum Gasteiger partial charge on any atom is 0.296 e. The first-order valence-corrected chi connectivity index (χ1v) is 12.2. The summed E-state index contributed by atoms with van der Waals surface area (Å²) in [5.41, 5.74) is -0.667. The molecular weight excluding hydrogens is 464 g/mol. The van der Waals surface area contributed by atoms with Gasteiger partial charge in [-0.25, -0.2) is 0 Å². The number of carbonyl (C=O) groups excluding carboxylic acids is 3. The van der Waals surface area contributed by atoms with E-state index in [9.17, 15) is 19.5 Å². The zero-order valence-electron chi connectivity index (χ0n) is 19.9. The summed E-state index contributed by atoms with van der Waals surface area (Å²) in [7, 11) is 0. The van der Waals surface area contributed by atoms with E-state index >= 15 is 0 Å². The third-order valence-electron chi connectivity index (χ3n) is 7.35. The number of aliphatic hydroxyl groups is 1. The summed E-state index contributed by atoms with van der Waals surface area (Å²) in [4.78, 5) is 44.3. The molecule has 9 nitrogen and oxygen atoms in total. The van der Waals surface area contributed by atoms with E-state index in [1.807, 2.05) is 6.92 Å². The molecule has 2 aromatic carbocycles. The van der Waals surface area contributed by atoms with Crippen molar-refractivity contribution in [1.82, 2.24) is 4.90 Å². The summed E-state index contributed by atoms with van der Waals surface area (Å²) in [5, 5.41) is 11.6. The predicted molar refractivity (Wildman–Crippen MR) is 129 cm³/mol. The van der Waals surface area contributed by atoms with Crippen molar-refractivity contribution in [3.63, 3.8) is 0 Å². The van der Waals surface area contributed by atoms with E-state index in [-0.39, 0.29) is 23.8 Å². The first-order chi connectivity index (χ1) is 17.5. The van der Waals surface area contributed by atoms with Crippen LogP contribution >= 0.6 is 0 Å². The molecule has 0 bridgehead atoms. The number of aliphatic hydroxyl groups excluding tert-OH is 1. The molecule has 2 atom stereocenters. The van der Waals surface area contributed by atoms with E-state index < -0.39 is 28.9 Å². The van der Waals surface area contributed by atoms with E-state index in [0.29, 0.717) is 55.5 Å². The lowest BCUT2D eigenvalue weighted by Crippen LogP contribution is -2.53. The van der Waals surface area contributed by atoms with E-state index in [1.165, 1.54) is 4.90 Å². The molecular formula is C27H26N2O7. The number of Topliss-reactive ketones (excluding diaryl/α,β-unsaturated/α-hetero) is 1. The molecule has 186 valence electrons. The summed E-state index contributed by atoms with van der Waals surface area (Å²) in [5.74, 6) is -1.66. The Morgan fingerprint density at radius 1 is 1.06 bits per heavy atom. The molecule has 0 radical (unpaired) electrons. The fraction of sp³-hybridized carbons (Fsp3) is 0.370. The molecule has 2 amide bonds. The second-order valence-corrected chi connectivity index (χ2v) is 9.24. The van der Waals surface area contributed by atoms with Crippen LogP contribution in [0.15, 0.2) is 48.0 Å². The molecule has 4 aliphatic heterocycles. The molecule has 1 spiro atoms. The average Bonchev–Trinajstić information content (AvgIpc) is 3.56. The molecule has 0 aromatic heterocycles. The SMILES string of the molecule is CCN1C(=O)C2(/C(=C(/O)c3ccc4c(c3)OCCO4)C(=O)C(=O)N2CC2CCCO2)c2ccccc21. The van der Waals surface area contributed by atoms with Crippen molar-refractivity contribution < 1.29 is 33.7 Å². The van der Waals surface area contributed by atoms with E-state index in [0.717, 1.165) is 6.42 Å². The zero-order valence-corrected chi connectivity index (χ0v) is 19.9. The molecule has 4 aliphatic rings. The van der Waals surface area contributed by atoms with Crippen LogP contribution in [-0.4, -0.2) is 66.6 Å². The highest BCUT2D eigenvalue weighted by molar-refractivity contribution is 6.50. The van der Waals surface area contributed by atoms with Crippen molar-refractivity contribution in [2.24, 2.45) is 0 Å². The Morgan fingerprint density at radius 3 is 2.58 bits per heavy atom. The quantitative estimate of drug-likeness (QED) is 0.399. The van der Waals surface area contributed by atoms with E-state index in [4.69, 9.17) is 14.2 Å². The zero-order chi connectivity index (χ0) is 25.0. The highest BCUT2D eigenvalue weighted by Gasteiger charge is 2.67. The number of hydrogen-bond acceptors (Lipinski definition) is 7. The van der Waals surface area contributed by atoms with Crippen LogP contribution in [0, 0.1) is 0 Å². The van der Waals surface area contributed by atoms with Gasteiger partial charge in [0.15, 0.2) is 17.0 Å². The number of hydrogen-bond donors (Lipinski definition) is 1. The number of ketones is 1. The van der Waals surface area contributed by atoms with E-state index in [2.05, 4.69) is 0 Å². The van der Waals surface area contributed by atoms with E-state index in [1.54, 1.807) is 47.4 Å². The lowest BCUT2D eigenvalue weighted by atomic mass is 9.81. The fourth-order valence-corrected chi connectivity index (χ4v) is 5.76. The molecule has 0 saturated carbocycles. The molecule has 2 fully saturated rings. The number of likely N-dealkylation sites (tertiary alicyclic amines) is 1. The molecule has 9 heteroatoms. The van der Waals surface area contributed by atoms with Gasteiger partial charge in [0.2, 0.25) is 0 Å². The number of likely N-dealkylation sites (N-methyl/N-ethyl adjacent to an activating group) is 1. The number of nitrogens with zero attached hydrogens (tertiary/aromatic N) is 2. The Hall–Kier alpha value is -3.85. The Kier molecular flexibility index (Phi) is 5.26. The molecule has 0 aliphatic carbocycles. The minimum atomic E-state index is -1.79. The molecule has 2 saturated heterocycles. The molecule has 2 aromatic rings. The van der Waals surface area contributed by atoms with Gasteiger partial charge in [-0.2, -0.15) is 0 Å². The number of anilines is 1. The smallest absolute Gasteiger partial charge is 0.296 e. The highest BCUT2D eigenvalue weighted by Crippen LogP contribution is 2.54. The van der Waals surface area contributed by atoms with Gasteiger partial charge >= 0.3 is 0 Å². The number of para-hydroxylation sites is 1. The van der Waals surface area contributed by atoms with Crippen molar-refractivity contribution >= 4 is 29.0 Å². The monoisotopic (exact) mass is 490 g/mol. The third-order valence-corrected chi connectivity index (χ3v) is 7.35. The second-order valence-electron chi connectivity index (χ2n) is 9.24. The van der Waals surface area contributed by atoms with Crippen LogP contribution < -0.4 is 14.4 Å². The maximum absolute atomic E-state index is 14.2. The van der Waals surface area contributed by atoms with Crippen LogP contribution in [-0.2, 0) is 24.7 Å². The summed E-state index contributed by atoms with van der Waals surface area (Å²) in [6.07, 6.45) is 1.25. The normalized spacial score (nSPS) is 26.2. The van der Waals surface area contributed by atoms with Gasteiger partial charge in [0.05, 0.1) is 17.4 Å². The van der Waals surface area contributed by atoms with Gasteiger partial charge in [-0.05, 0) is 44.0 Å². The van der Waals surface area contributed by atoms with Crippen LogP contribution in [0.4, 0.5) is 5.69 Å². The third kappa shape index (κ3) is 3.02. The molecule has 2 unspecified atom stereocenters. The number of rotatable bonds is 4. The molecule has 36 heavy (non-hydrogen) atoms. The first kappa shape index (κ1) is 22.6. The minimum Gasteiger partial charge on any atom is -0.507 e. The van der Waals surface area contributed by atoms with Gasteiger partial charge in [-0.3, -0.25) is 14.4 Å². The summed E-state index contributed by atoms with van der Waals surface area (Å²) >= 11 is 0. The second kappa shape index (κ2) is 8.37. The number of ether oxygens (including phenoxy) is 3. The van der Waals surface area contributed by atoms with Crippen LogP contribution in [0.2, 0.25) is 0 Å². The average molecular weight is 491 g/mol.